The molecule has 4 N–H and O–H groups in total. The Balaban J connectivity index is 1.86. The van der Waals surface area contributed by atoms with Crippen LogP contribution >= 0.6 is 0 Å². The van der Waals surface area contributed by atoms with E-state index < -0.39 is 6.04 Å². The van der Waals surface area contributed by atoms with Crippen molar-refractivity contribution in [2.24, 2.45) is 17.4 Å². The van der Waals surface area contributed by atoms with Crippen LogP contribution in [0.25, 0.3) is 0 Å². The fourth-order valence-electron chi connectivity index (χ4n) is 3.04. The molecular weight excluding hydrogens is 278 g/mol. The van der Waals surface area contributed by atoms with Gasteiger partial charge in [-0.1, -0.05) is 30.3 Å². The second-order valence-corrected chi connectivity index (χ2v) is 6.09. The van der Waals surface area contributed by atoms with E-state index in [0.29, 0.717) is 25.3 Å². The van der Waals surface area contributed by atoms with Gasteiger partial charge in [0.05, 0.1) is 6.04 Å². The fourth-order valence-corrected chi connectivity index (χ4v) is 3.04. The molecular formula is C17H25N3O2. The Hall–Kier alpha value is -1.88. The van der Waals surface area contributed by atoms with Crippen LogP contribution in [0.2, 0.25) is 0 Å². The monoisotopic (exact) mass is 303 g/mol. The minimum atomic E-state index is -0.503. The highest BCUT2D eigenvalue weighted by Gasteiger charge is 2.27. The molecule has 0 bridgehead atoms. The average molecular weight is 303 g/mol. The first-order valence-electron chi connectivity index (χ1n) is 7.93. The Labute approximate surface area is 131 Å². The van der Waals surface area contributed by atoms with Crippen LogP contribution in [0.5, 0.6) is 0 Å². The van der Waals surface area contributed by atoms with Crippen molar-refractivity contribution in [3.63, 3.8) is 0 Å². The summed E-state index contributed by atoms with van der Waals surface area (Å²) in [5, 5.41) is 0. The van der Waals surface area contributed by atoms with Gasteiger partial charge in [0.2, 0.25) is 11.8 Å². The lowest BCUT2D eigenvalue weighted by Crippen LogP contribution is -2.48. The van der Waals surface area contributed by atoms with E-state index in [4.69, 9.17) is 11.5 Å². The fraction of sp³-hybridized carbons (Fsp3) is 0.529. The van der Waals surface area contributed by atoms with Gasteiger partial charge in [0.25, 0.3) is 0 Å². The summed E-state index contributed by atoms with van der Waals surface area (Å²) in [6.07, 6.45) is 3.72. The molecule has 5 heteroatoms. The average Bonchev–Trinajstić information content (AvgIpc) is 2.53. The van der Waals surface area contributed by atoms with Gasteiger partial charge in [-0.25, -0.2) is 0 Å². The molecule has 1 aliphatic rings. The molecule has 2 rings (SSSR count). The number of hydrogen-bond acceptors (Lipinski definition) is 3. The first kappa shape index (κ1) is 16.5. The molecule has 1 aromatic rings. The quantitative estimate of drug-likeness (QED) is 0.823. The maximum atomic E-state index is 12.5. The SMILES string of the molecule is NC(=O)CCC1CCCN(C(=O)[C@@H](N)Cc2ccccc2)C1. The lowest BCUT2D eigenvalue weighted by molar-refractivity contribution is -0.134. The number of nitrogens with two attached hydrogens (primary N) is 2. The third-order valence-electron chi connectivity index (χ3n) is 4.25. The number of likely N-dealkylation sites (tertiary alicyclic amines) is 1. The topological polar surface area (TPSA) is 89.4 Å². The van der Waals surface area contributed by atoms with Gasteiger partial charge in [0.15, 0.2) is 0 Å². The van der Waals surface area contributed by atoms with E-state index in [1.165, 1.54) is 0 Å². The largest absolute Gasteiger partial charge is 0.370 e. The Kier molecular flexibility index (Phi) is 5.95. The normalized spacial score (nSPS) is 19.7. The Morgan fingerprint density at radius 2 is 2.00 bits per heavy atom. The number of hydrogen-bond donors (Lipinski definition) is 2. The van der Waals surface area contributed by atoms with E-state index in [9.17, 15) is 9.59 Å². The first-order valence-corrected chi connectivity index (χ1v) is 7.93. The van der Waals surface area contributed by atoms with E-state index in [2.05, 4.69) is 0 Å². The van der Waals surface area contributed by atoms with Crippen molar-refractivity contribution in [3.8, 4) is 0 Å². The van der Waals surface area contributed by atoms with Crippen molar-refractivity contribution < 1.29 is 9.59 Å². The van der Waals surface area contributed by atoms with Crippen molar-refractivity contribution in [3.05, 3.63) is 35.9 Å². The maximum Gasteiger partial charge on any atom is 0.239 e. The summed E-state index contributed by atoms with van der Waals surface area (Å²) in [7, 11) is 0. The second-order valence-electron chi connectivity index (χ2n) is 6.09. The number of amides is 2. The molecule has 1 heterocycles. The van der Waals surface area contributed by atoms with Gasteiger partial charge in [-0.05, 0) is 37.2 Å². The van der Waals surface area contributed by atoms with Crippen molar-refractivity contribution in [2.45, 2.75) is 38.1 Å². The summed E-state index contributed by atoms with van der Waals surface area (Å²) >= 11 is 0. The van der Waals surface area contributed by atoms with E-state index >= 15 is 0 Å². The van der Waals surface area contributed by atoms with Gasteiger partial charge in [0.1, 0.15) is 0 Å². The molecule has 1 saturated heterocycles. The zero-order valence-electron chi connectivity index (χ0n) is 12.9. The Morgan fingerprint density at radius 1 is 1.27 bits per heavy atom. The van der Waals surface area contributed by atoms with Crippen LogP contribution in [0.3, 0.4) is 0 Å². The molecule has 22 heavy (non-hydrogen) atoms. The highest BCUT2D eigenvalue weighted by Crippen LogP contribution is 2.21. The van der Waals surface area contributed by atoms with Crippen LogP contribution in [0.1, 0.15) is 31.2 Å². The molecule has 1 fully saturated rings. The molecule has 1 unspecified atom stereocenters. The van der Waals surface area contributed by atoms with Crippen LogP contribution < -0.4 is 11.5 Å². The third kappa shape index (κ3) is 4.84. The minimum absolute atomic E-state index is 0.00706. The van der Waals surface area contributed by atoms with Gasteiger partial charge >= 0.3 is 0 Å². The number of carbonyl (C=O) groups is 2. The summed E-state index contributed by atoms with van der Waals surface area (Å²) in [6.45, 7) is 1.45. The van der Waals surface area contributed by atoms with E-state index in [1.54, 1.807) is 0 Å². The number of carbonyl (C=O) groups excluding carboxylic acids is 2. The minimum Gasteiger partial charge on any atom is -0.370 e. The van der Waals surface area contributed by atoms with Crippen LogP contribution in [0.4, 0.5) is 0 Å². The second kappa shape index (κ2) is 7.94. The number of rotatable bonds is 6. The number of nitrogens with zero attached hydrogens (tertiary/aromatic N) is 1. The lowest BCUT2D eigenvalue weighted by Gasteiger charge is -2.34. The molecule has 2 amide bonds. The summed E-state index contributed by atoms with van der Waals surface area (Å²) in [6, 6.07) is 9.32. The number of benzene rings is 1. The van der Waals surface area contributed by atoms with Crippen LogP contribution in [-0.4, -0.2) is 35.8 Å². The predicted molar refractivity (Wildman–Crippen MR) is 85.9 cm³/mol. The van der Waals surface area contributed by atoms with Gasteiger partial charge in [-0.15, -0.1) is 0 Å². The number of primary amides is 1. The van der Waals surface area contributed by atoms with Gasteiger partial charge < -0.3 is 16.4 Å². The van der Waals surface area contributed by atoms with E-state index in [0.717, 1.165) is 31.4 Å². The molecule has 1 aliphatic heterocycles. The van der Waals surface area contributed by atoms with Crippen molar-refractivity contribution in [1.29, 1.82) is 0 Å². The first-order chi connectivity index (χ1) is 10.6. The summed E-state index contributed by atoms with van der Waals surface area (Å²) in [4.78, 5) is 25.2. The van der Waals surface area contributed by atoms with Crippen molar-refractivity contribution >= 4 is 11.8 Å². The van der Waals surface area contributed by atoms with Gasteiger partial charge in [-0.3, -0.25) is 9.59 Å². The summed E-state index contributed by atoms with van der Waals surface area (Å²) in [5.41, 5.74) is 12.4. The highest BCUT2D eigenvalue weighted by atomic mass is 16.2. The molecule has 0 aliphatic carbocycles. The zero-order chi connectivity index (χ0) is 15.9. The van der Waals surface area contributed by atoms with Crippen molar-refractivity contribution in [1.82, 2.24) is 4.90 Å². The van der Waals surface area contributed by atoms with Crippen LogP contribution in [-0.2, 0) is 16.0 Å². The molecule has 0 aromatic heterocycles. The van der Waals surface area contributed by atoms with Gasteiger partial charge in [0, 0.05) is 19.5 Å². The standard InChI is InChI=1S/C17H25N3O2/c18-15(11-13-5-2-1-3-6-13)17(22)20-10-4-7-14(12-20)8-9-16(19)21/h1-3,5-6,14-15H,4,7-12,18H2,(H2,19,21)/t14?,15-/m0/s1. The smallest absolute Gasteiger partial charge is 0.239 e. The summed E-state index contributed by atoms with van der Waals surface area (Å²) in [5.74, 6) is 0.0889. The molecule has 5 nitrogen and oxygen atoms in total. The molecule has 120 valence electrons. The Bertz CT molecular complexity index is 504. The molecule has 0 saturated carbocycles. The molecule has 1 aromatic carbocycles. The predicted octanol–water partition coefficient (Wildman–Crippen LogP) is 1.06. The molecule has 0 radical (unpaired) electrons. The van der Waals surface area contributed by atoms with Crippen LogP contribution in [0, 0.1) is 5.92 Å². The summed E-state index contributed by atoms with van der Waals surface area (Å²) < 4.78 is 0. The van der Waals surface area contributed by atoms with E-state index in [-0.39, 0.29) is 11.8 Å². The van der Waals surface area contributed by atoms with Crippen molar-refractivity contribution in [2.75, 3.05) is 13.1 Å². The molecule has 0 spiro atoms. The van der Waals surface area contributed by atoms with Crippen LogP contribution in [0.15, 0.2) is 30.3 Å². The zero-order valence-corrected chi connectivity index (χ0v) is 12.9. The molecule has 2 atom stereocenters. The van der Waals surface area contributed by atoms with E-state index in [1.807, 2.05) is 35.2 Å². The van der Waals surface area contributed by atoms with Gasteiger partial charge in [-0.2, -0.15) is 0 Å². The lowest BCUT2D eigenvalue weighted by atomic mass is 9.92. The Morgan fingerprint density at radius 3 is 2.68 bits per heavy atom. The number of piperidine rings is 1. The maximum absolute atomic E-state index is 12.5. The highest BCUT2D eigenvalue weighted by molar-refractivity contribution is 5.82. The third-order valence-corrected chi connectivity index (χ3v) is 4.25.